The molecule has 1 aromatic heterocycles. The predicted molar refractivity (Wildman–Crippen MR) is 82.5 cm³/mol. The van der Waals surface area contributed by atoms with Gasteiger partial charge in [-0.15, -0.1) is 0 Å². The fourth-order valence-electron chi connectivity index (χ4n) is 3.07. The molecule has 0 bridgehead atoms. The first-order valence-corrected chi connectivity index (χ1v) is 7.49. The van der Waals surface area contributed by atoms with Gasteiger partial charge in [-0.3, -0.25) is 0 Å². The zero-order valence-electron chi connectivity index (χ0n) is 12.5. The number of hydrogen-bond donors (Lipinski definition) is 1. The summed E-state index contributed by atoms with van der Waals surface area (Å²) in [7, 11) is 1.64. The molecule has 4 heteroatoms. The molecule has 1 aromatic carbocycles. The Labute approximate surface area is 125 Å². The van der Waals surface area contributed by atoms with Gasteiger partial charge in [-0.2, -0.15) is 0 Å². The maximum absolute atomic E-state index is 5.21. The minimum atomic E-state index is 0.241. The molecule has 0 amide bonds. The molecule has 0 radical (unpaired) electrons. The van der Waals surface area contributed by atoms with Crippen molar-refractivity contribution in [2.45, 2.75) is 31.7 Å². The van der Waals surface area contributed by atoms with E-state index in [1.807, 2.05) is 6.07 Å². The molecular weight excluding hydrogens is 262 g/mol. The summed E-state index contributed by atoms with van der Waals surface area (Å²) >= 11 is 0. The van der Waals surface area contributed by atoms with Crippen LogP contribution in [0.4, 0.5) is 0 Å². The van der Waals surface area contributed by atoms with Gasteiger partial charge in [0.25, 0.3) is 0 Å². The minimum Gasteiger partial charge on any atom is -0.481 e. The molecule has 1 aliphatic carbocycles. The van der Waals surface area contributed by atoms with E-state index in [1.165, 1.54) is 17.5 Å². The Balaban J connectivity index is 1.76. The molecular formula is C17H21N3O. The van der Waals surface area contributed by atoms with Crippen molar-refractivity contribution in [3.05, 3.63) is 53.5 Å². The number of nitrogens with one attached hydrogen (secondary N) is 1. The van der Waals surface area contributed by atoms with Crippen LogP contribution >= 0.6 is 0 Å². The number of aromatic nitrogens is 2. The van der Waals surface area contributed by atoms with E-state index in [0.29, 0.717) is 11.8 Å². The van der Waals surface area contributed by atoms with Crippen molar-refractivity contribution in [1.29, 1.82) is 0 Å². The Kier molecular flexibility index (Phi) is 4.15. The first-order chi connectivity index (χ1) is 10.3. The largest absolute Gasteiger partial charge is 0.481 e. The summed E-state index contributed by atoms with van der Waals surface area (Å²) in [5.74, 6) is 1.24. The molecule has 2 aromatic rings. The van der Waals surface area contributed by atoms with Gasteiger partial charge in [0.1, 0.15) is 6.33 Å². The molecule has 0 spiro atoms. The van der Waals surface area contributed by atoms with Gasteiger partial charge in [-0.05, 0) is 36.4 Å². The quantitative estimate of drug-likeness (QED) is 0.885. The molecule has 2 atom stereocenters. The number of benzene rings is 1. The smallest absolute Gasteiger partial charge is 0.216 e. The van der Waals surface area contributed by atoms with Crippen molar-refractivity contribution < 1.29 is 4.74 Å². The Morgan fingerprint density at radius 1 is 1.33 bits per heavy atom. The van der Waals surface area contributed by atoms with E-state index in [2.05, 4.69) is 46.5 Å². The second-order valence-corrected chi connectivity index (χ2v) is 5.43. The maximum Gasteiger partial charge on any atom is 0.216 e. The first kappa shape index (κ1) is 14.0. The molecule has 4 nitrogen and oxygen atoms in total. The molecule has 1 N–H and O–H groups in total. The Morgan fingerprint density at radius 3 is 2.95 bits per heavy atom. The first-order valence-electron chi connectivity index (χ1n) is 7.49. The summed E-state index contributed by atoms with van der Waals surface area (Å²) in [6, 6.07) is 10.9. The number of fused-ring (bicyclic) bond motifs is 1. The van der Waals surface area contributed by atoms with E-state index in [9.17, 15) is 0 Å². The molecule has 3 rings (SSSR count). The Bertz CT molecular complexity index is 614. The summed E-state index contributed by atoms with van der Waals surface area (Å²) < 4.78 is 5.21. The second kappa shape index (κ2) is 6.22. The van der Waals surface area contributed by atoms with Crippen molar-refractivity contribution >= 4 is 0 Å². The minimum absolute atomic E-state index is 0.241. The van der Waals surface area contributed by atoms with E-state index < -0.39 is 0 Å². The van der Waals surface area contributed by atoms with Gasteiger partial charge in [0.05, 0.1) is 18.8 Å². The lowest BCUT2D eigenvalue weighted by Gasteiger charge is -2.33. The van der Waals surface area contributed by atoms with Crippen molar-refractivity contribution in [1.82, 2.24) is 15.3 Å². The summed E-state index contributed by atoms with van der Waals surface area (Å²) in [6.45, 7) is 3.05. The lowest BCUT2D eigenvalue weighted by atomic mass is 9.74. The average Bonchev–Trinajstić information content (AvgIpc) is 2.51. The number of methoxy groups -OCH3 is 1. The lowest BCUT2D eigenvalue weighted by molar-refractivity contribution is 0.389. The summed E-state index contributed by atoms with van der Waals surface area (Å²) in [4.78, 5) is 8.51. The van der Waals surface area contributed by atoms with Crippen LogP contribution in [-0.2, 0) is 6.42 Å². The topological polar surface area (TPSA) is 47.0 Å². The van der Waals surface area contributed by atoms with Crippen LogP contribution in [0.1, 0.15) is 42.1 Å². The SMILES string of the molecule is CCNC(CC1Cc2ccccc21)c1cc(OC)ncn1. The highest BCUT2D eigenvalue weighted by Gasteiger charge is 2.29. The average molecular weight is 283 g/mol. The molecule has 0 saturated carbocycles. The van der Waals surface area contributed by atoms with Crippen molar-refractivity contribution in [2.75, 3.05) is 13.7 Å². The van der Waals surface area contributed by atoms with Crippen LogP contribution in [0.2, 0.25) is 0 Å². The highest BCUT2D eigenvalue weighted by molar-refractivity contribution is 5.40. The van der Waals surface area contributed by atoms with Crippen LogP contribution in [-0.4, -0.2) is 23.6 Å². The molecule has 2 unspecified atom stereocenters. The fourth-order valence-corrected chi connectivity index (χ4v) is 3.07. The zero-order valence-corrected chi connectivity index (χ0v) is 12.5. The van der Waals surface area contributed by atoms with Crippen molar-refractivity contribution in [3.8, 4) is 5.88 Å². The van der Waals surface area contributed by atoms with Crippen LogP contribution in [0.25, 0.3) is 0 Å². The highest BCUT2D eigenvalue weighted by Crippen LogP contribution is 2.40. The van der Waals surface area contributed by atoms with Gasteiger partial charge in [0.2, 0.25) is 5.88 Å². The molecule has 110 valence electrons. The summed E-state index contributed by atoms with van der Waals surface area (Å²) in [6.07, 6.45) is 3.80. The van der Waals surface area contributed by atoms with Crippen LogP contribution < -0.4 is 10.1 Å². The second-order valence-electron chi connectivity index (χ2n) is 5.43. The van der Waals surface area contributed by atoms with E-state index >= 15 is 0 Å². The van der Waals surface area contributed by atoms with Crippen LogP contribution in [0.5, 0.6) is 5.88 Å². The van der Waals surface area contributed by atoms with Gasteiger partial charge < -0.3 is 10.1 Å². The lowest BCUT2D eigenvalue weighted by Crippen LogP contribution is -2.27. The van der Waals surface area contributed by atoms with Crippen molar-refractivity contribution in [2.24, 2.45) is 0 Å². The summed E-state index contributed by atoms with van der Waals surface area (Å²) in [5, 5.41) is 3.53. The van der Waals surface area contributed by atoms with Gasteiger partial charge in [0.15, 0.2) is 0 Å². The number of hydrogen-bond acceptors (Lipinski definition) is 4. The van der Waals surface area contributed by atoms with Gasteiger partial charge in [-0.1, -0.05) is 31.2 Å². The van der Waals surface area contributed by atoms with Crippen LogP contribution in [0.3, 0.4) is 0 Å². The molecule has 0 saturated heterocycles. The molecule has 1 aliphatic rings. The van der Waals surface area contributed by atoms with E-state index in [1.54, 1.807) is 13.4 Å². The summed E-state index contributed by atoms with van der Waals surface area (Å²) in [5.41, 5.74) is 3.98. The maximum atomic E-state index is 5.21. The van der Waals surface area contributed by atoms with E-state index in [-0.39, 0.29) is 6.04 Å². The monoisotopic (exact) mass is 283 g/mol. The molecule has 21 heavy (non-hydrogen) atoms. The molecule has 0 aliphatic heterocycles. The number of nitrogens with zero attached hydrogens (tertiary/aromatic N) is 2. The van der Waals surface area contributed by atoms with Gasteiger partial charge in [-0.25, -0.2) is 9.97 Å². The highest BCUT2D eigenvalue weighted by atomic mass is 16.5. The Hall–Kier alpha value is -1.94. The third-order valence-corrected chi connectivity index (χ3v) is 4.16. The van der Waals surface area contributed by atoms with Crippen molar-refractivity contribution in [3.63, 3.8) is 0 Å². The number of rotatable bonds is 6. The third kappa shape index (κ3) is 2.90. The Morgan fingerprint density at radius 2 is 2.19 bits per heavy atom. The standard InChI is InChI=1S/C17H21N3O/c1-3-18-15(16-10-17(21-2)20-11-19-16)9-13-8-12-6-4-5-7-14(12)13/h4-7,10-11,13,15,18H,3,8-9H2,1-2H3. The molecule has 1 heterocycles. The van der Waals surface area contributed by atoms with Gasteiger partial charge in [0, 0.05) is 6.07 Å². The fraction of sp³-hybridized carbons (Fsp3) is 0.412. The molecule has 0 fully saturated rings. The third-order valence-electron chi connectivity index (χ3n) is 4.16. The predicted octanol–water partition coefficient (Wildman–Crippen LogP) is 2.87. The van der Waals surface area contributed by atoms with E-state index in [4.69, 9.17) is 4.74 Å². The van der Waals surface area contributed by atoms with Crippen LogP contribution in [0.15, 0.2) is 36.7 Å². The zero-order chi connectivity index (χ0) is 14.7. The number of ether oxygens (including phenoxy) is 1. The normalized spacial score (nSPS) is 17.7. The van der Waals surface area contributed by atoms with E-state index in [0.717, 1.165) is 18.7 Å². The van der Waals surface area contributed by atoms with Gasteiger partial charge >= 0.3 is 0 Å². The van der Waals surface area contributed by atoms with Crippen LogP contribution in [0, 0.1) is 0 Å².